The van der Waals surface area contributed by atoms with E-state index in [4.69, 9.17) is 10.4 Å². The van der Waals surface area contributed by atoms with Crippen LogP contribution in [0, 0.1) is 11.3 Å². The Morgan fingerprint density at radius 1 is 1.82 bits per heavy atom. The van der Waals surface area contributed by atoms with Crippen LogP contribution in [0.15, 0.2) is 11.6 Å². The molecule has 0 spiro atoms. The van der Waals surface area contributed by atoms with Gasteiger partial charge < -0.3 is 10.0 Å². The number of carbonyl (C=O) groups is 1. The minimum atomic E-state index is -0.911. The molecule has 1 saturated heterocycles. The molecule has 0 saturated carbocycles. The molecule has 58 valence electrons. The van der Waals surface area contributed by atoms with Crippen LogP contribution < -0.4 is 0 Å². The molecule has 1 aliphatic rings. The van der Waals surface area contributed by atoms with Crippen LogP contribution in [0.5, 0.6) is 0 Å². The summed E-state index contributed by atoms with van der Waals surface area (Å²) in [6.45, 7) is 0.908. The van der Waals surface area contributed by atoms with Gasteiger partial charge in [0.15, 0.2) is 0 Å². The van der Waals surface area contributed by atoms with Crippen LogP contribution in [-0.4, -0.2) is 29.2 Å². The van der Waals surface area contributed by atoms with Gasteiger partial charge in [-0.3, -0.25) is 0 Å². The van der Waals surface area contributed by atoms with Gasteiger partial charge in [-0.1, -0.05) is 0 Å². The number of carboxylic acid groups (broad SMARTS) is 1. The Hall–Kier alpha value is -1.50. The van der Waals surface area contributed by atoms with E-state index in [0.29, 0.717) is 19.5 Å². The first-order chi connectivity index (χ1) is 5.24. The van der Waals surface area contributed by atoms with E-state index in [2.05, 4.69) is 0 Å². The zero-order valence-corrected chi connectivity index (χ0v) is 5.95. The number of likely N-dealkylation sites (tertiary alicyclic amines) is 1. The molecule has 0 aromatic carbocycles. The summed E-state index contributed by atoms with van der Waals surface area (Å²) in [5, 5.41) is 16.8. The molecule has 1 aliphatic heterocycles. The molecule has 4 nitrogen and oxygen atoms in total. The van der Waals surface area contributed by atoms with Crippen LogP contribution in [0.3, 0.4) is 0 Å². The summed E-state index contributed by atoms with van der Waals surface area (Å²) in [7, 11) is 0. The molecule has 0 radical (unpaired) electrons. The summed E-state index contributed by atoms with van der Waals surface area (Å²) in [4.78, 5) is 11.7. The second-order valence-electron chi connectivity index (χ2n) is 2.39. The molecule has 1 fully saturated rings. The van der Waals surface area contributed by atoms with Gasteiger partial charge in [0, 0.05) is 19.2 Å². The van der Waals surface area contributed by atoms with Crippen LogP contribution >= 0.6 is 0 Å². The average Bonchev–Trinajstić information content (AvgIpc) is 2.37. The van der Waals surface area contributed by atoms with Gasteiger partial charge in [-0.15, -0.1) is 0 Å². The first-order valence-electron chi connectivity index (χ1n) is 3.29. The molecule has 0 unspecified atom stereocenters. The molecule has 0 aromatic rings. The van der Waals surface area contributed by atoms with Crippen molar-refractivity contribution in [1.82, 2.24) is 4.90 Å². The number of hydrogen-bond acceptors (Lipinski definition) is 2. The molecular formula is C7H8N2O2. The van der Waals surface area contributed by atoms with Crippen molar-refractivity contribution < 1.29 is 9.90 Å². The number of nitriles is 1. The summed E-state index contributed by atoms with van der Waals surface area (Å²) in [5.41, 5.74) is 0.898. The van der Waals surface area contributed by atoms with E-state index in [1.54, 1.807) is 0 Å². The lowest BCUT2D eigenvalue weighted by Gasteiger charge is -2.07. The molecule has 0 aliphatic carbocycles. The monoisotopic (exact) mass is 152 g/mol. The standard InChI is InChI=1S/C7H8N2O2/c8-3-1-6-2-4-9(5-6)7(10)11/h1H,2,4-5H2,(H,10,11)/b6-1+. The summed E-state index contributed by atoms with van der Waals surface area (Å²) >= 11 is 0. The van der Waals surface area contributed by atoms with Gasteiger partial charge >= 0.3 is 6.09 Å². The molecule has 4 heteroatoms. The van der Waals surface area contributed by atoms with E-state index in [-0.39, 0.29) is 0 Å². The second kappa shape index (κ2) is 3.06. The smallest absolute Gasteiger partial charge is 0.407 e. The highest BCUT2D eigenvalue weighted by Crippen LogP contribution is 2.13. The number of nitrogens with zero attached hydrogens (tertiary/aromatic N) is 2. The SMILES string of the molecule is N#C/C=C1\CCN(C(=O)O)C1. The van der Waals surface area contributed by atoms with Gasteiger partial charge in [0.1, 0.15) is 0 Å². The highest BCUT2D eigenvalue weighted by Gasteiger charge is 2.19. The zero-order chi connectivity index (χ0) is 8.27. The second-order valence-corrected chi connectivity index (χ2v) is 2.39. The van der Waals surface area contributed by atoms with Crippen molar-refractivity contribution in [1.29, 1.82) is 5.26 Å². The predicted molar refractivity (Wildman–Crippen MR) is 37.9 cm³/mol. The summed E-state index contributed by atoms with van der Waals surface area (Å²) < 4.78 is 0. The fourth-order valence-electron chi connectivity index (χ4n) is 1.05. The van der Waals surface area contributed by atoms with E-state index >= 15 is 0 Å². The van der Waals surface area contributed by atoms with Crippen LogP contribution in [-0.2, 0) is 0 Å². The van der Waals surface area contributed by atoms with Crippen molar-refractivity contribution in [3.63, 3.8) is 0 Å². The van der Waals surface area contributed by atoms with E-state index in [1.165, 1.54) is 11.0 Å². The lowest BCUT2D eigenvalue weighted by Crippen LogP contribution is -2.25. The van der Waals surface area contributed by atoms with Crippen molar-refractivity contribution in [2.45, 2.75) is 6.42 Å². The average molecular weight is 152 g/mol. The summed E-state index contributed by atoms with van der Waals surface area (Å²) in [5.74, 6) is 0. The Morgan fingerprint density at radius 2 is 2.55 bits per heavy atom. The topological polar surface area (TPSA) is 64.3 Å². The molecule has 0 aromatic heterocycles. The van der Waals surface area contributed by atoms with Gasteiger partial charge in [0.2, 0.25) is 0 Å². The Bertz CT molecular complexity index is 239. The Labute approximate surface area is 64.3 Å². The molecule has 1 rings (SSSR count). The van der Waals surface area contributed by atoms with Crippen LogP contribution in [0.2, 0.25) is 0 Å². The fourth-order valence-corrected chi connectivity index (χ4v) is 1.05. The first kappa shape index (κ1) is 7.61. The molecule has 1 N–H and O–H groups in total. The van der Waals surface area contributed by atoms with Crippen molar-refractivity contribution in [2.24, 2.45) is 0 Å². The molecule has 0 atom stereocenters. The third kappa shape index (κ3) is 1.71. The molecule has 11 heavy (non-hydrogen) atoms. The maximum Gasteiger partial charge on any atom is 0.407 e. The third-order valence-electron chi connectivity index (χ3n) is 1.64. The quantitative estimate of drug-likeness (QED) is 0.522. The van der Waals surface area contributed by atoms with Crippen LogP contribution in [0.25, 0.3) is 0 Å². The van der Waals surface area contributed by atoms with Crippen molar-refractivity contribution in [3.05, 3.63) is 11.6 Å². The molecule has 1 heterocycles. The molecular weight excluding hydrogens is 144 g/mol. The largest absolute Gasteiger partial charge is 0.465 e. The van der Waals surface area contributed by atoms with Crippen molar-refractivity contribution in [2.75, 3.05) is 13.1 Å². The first-order valence-corrected chi connectivity index (χ1v) is 3.29. The maximum absolute atomic E-state index is 10.4. The number of allylic oxidation sites excluding steroid dienone is 1. The normalized spacial score (nSPS) is 20.3. The number of hydrogen-bond donors (Lipinski definition) is 1. The maximum atomic E-state index is 10.4. The van der Waals surface area contributed by atoms with E-state index < -0.39 is 6.09 Å². The minimum absolute atomic E-state index is 0.392. The highest BCUT2D eigenvalue weighted by molar-refractivity contribution is 5.66. The highest BCUT2D eigenvalue weighted by atomic mass is 16.4. The van der Waals surface area contributed by atoms with Crippen molar-refractivity contribution >= 4 is 6.09 Å². The minimum Gasteiger partial charge on any atom is -0.465 e. The Balaban J connectivity index is 2.55. The third-order valence-corrected chi connectivity index (χ3v) is 1.64. The molecule has 0 bridgehead atoms. The molecule has 1 amide bonds. The summed E-state index contributed by atoms with van der Waals surface area (Å²) in [6, 6.07) is 1.89. The van der Waals surface area contributed by atoms with E-state index in [0.717, 1.165) is 5.57 Å². The van der Waals surface area contributed by atoms with Gasteiger partial charge in [0.05, 0.1) is 6.07 Å². The Kier molecular flexibility index (Phi) is 2.12. The van der Waals surface area contributed by atoms with Crippen LogP contribution in [0.1, 0.15) is 6.42 Å². The summed E-state index contributed by atoms with van der Waals surface area (Å²) in [6.07, 6.45) is 1.20. The van der Waals surface area contributed by atoms with Gasteiger partial charge in [0.25, 0.3) is 0 Å². The van der Waals surface area contributed by atoms with Gasteiger partial charge in [-0.25, -0.2) is 4.79 Å². The predicted octanol–water partition coefficient (Wildman–Crippen LogP) is 0.820. The van der Waals surface area contributed by atoms with Gasteiger partial charge in [-0.2, -0.15) is 5.26 Å². The van der Waals surface area contributed by atoms with E-state index in [9.17, 15) is 4.79 Å². The van der Waals surface area contributed by atoms with Crippen molar-refractivity contribution in [3.8, 4) is 6.07 Å². The fraction of sp³-hybridized carbons (Fsp3) is 0.429. The Morgan fingerprint density at radius 3 is 3.00 bits per heavy atom. The number of amides is 1. The zero-order valence-electron chi connectivity index (χ0n) is 5.95. The lowest BCUT2D eigenvalue weighted by molar-refractivity contribution is 0.156. The van der Waals surface area contributed by atoms with Crippen LogP contribution in [0.4, 0.5) is 4.79 Å². The lowest BCUT2D eigenvalue weighted by atomic mass is 10.2. The van der Waals surface area contributed by atoms with Gasteiger partial charge in [-0.05, 0) is 12.0 Å². The van der Waals surface area contributed by atoms with E-state index in [1.807, 2.05) is 6.07 Å². The number of rotatable bonds is 0.